The van der Waals surface area contributed by atoms with Gasteiger partial charge in [0, 0.05) is 26.2 Å². The van der Waals surface area contributed by atoms with Gasteiger partial charge in [-0.1, -0.05) is 18.2 Å². The molecule has 1 aliphatic rings. The van der Waals surface area contributed by atoms with Crippen molar-refractivity contribution in [2.45, 2.75) is 24.6 Å². The van der Waals surface area contributed by atoms with Crippen LogP contribution < -0.4 is 5.32 Å². The summed E-state index contributed by atoms with van der Waals surface area (Å²) in [6.07, 6.45) is -3.49. The van der Waals surface area contributed by atoms with Crippen molar-refractivity contribution in [2.75, 3.05) is 26.2 Å². The normalized spacial score (nSPS) is 17.6. The molecule has 1 amide bonds. The van der Waals surface area contributed by atoms with Crippen molar-refractivity contribution in [3.63, 3.8) is 0 Å². The highest BCUT2D eigenvalue weighted by atomic mass is 32.1. The third-order valence-corrected chi connectivity index (χ3v) is 5.76. The molecule has 0 radical (unpaired) electrons. The predicted octanol–water partition coefficient (Wildman–Crippen LogP) is 3.48. The maximum Gasteiger partial charge on any atom is 0.416 e. The van der Waals surface area contributed by atoms with E-state index >= 15 is 0 Å². The van der Waals surface area contributed by atoms with Gasteiger partial charge in [-0.15, -0.1) is 11.3 Å². The van der Waals surface area contributed by atoms with E-state index < -0.39 is 17.3 Å². The number of nitrogens with one attached hydrogen (secondary N) is 1. The van der Waals surface area contributed by atoms with Crippen LogP contribution in [0.15, 0.2) is 41.8 Å². The molecule has 146 valence electrons. The molecular formula is C19H21F3N2O2S. The first-order valence-corrected chi connectivity index (χ1v) is 9.60. The molecule has 0 atom stereocenters. The summed E-state index contributed by atoms with van der Waals surface area (Å²) in [6, 6.07) is 8.34. The molecule has 1 saturated heterocycles. The van der Waals surface area contributed by atoms with Crippen LogP contribution in [0.1, 0.15) is 33.6 Å². The monoisotopic (exact) mass is 398 g/mol. The average molecular weight is 398 g/mol. The number of alkyl halides is 3. The molecule has 0 aliphatic carbocycles. The van der Waals surface area contributed by atoms with Crippen LogP contribution in [0.2, 0.25) is 0 Å². The average Bonchev–Trinajstić information content (AvgIpc) is 3.18. The summed E-state index contributed by atoms with van der Waals surface area (Å²) in [5.74, 6) is -0.0942. The minimum Gasteiger partial charge on any atom is -0.385 e. The lowest BCUT2D eigenvalue weighted by molar-refractivity contribution is -0.137. The highest BCUT2D eigenvalue weighted by Crippen LogP contribution is 2.35. The molecule has 1 fully saturated rings. The fourth-order valence-corrected chi connectivity index (χ4v) is 3.87. The van der Waals surface area contributed by atoms with Crippen LogP contribution in [0, 0.1) is 0 Å². The highest BCUT2D eigenvalue weighted by molar-refractivity contribution is 7.12. The first kappa shape index (κ1) is 19.9. The number of halogens is 3. The molecule has 2 aromatic rings. The maximum absolute atomic E-state index is 12.7. The number of carbonyl (C=O) groups excluding carboxylic acids is 1. The molecule has 0 bridgehead atoms. The fraction of sp³-hybridized carbons (Fsp3) is 0.421. The third-order valence-electron chi connectivity index (χ3n) is 4.89. The lowest BCUT2D eigenvalue weighted by Gasteiger charge is -2.38. The van der Waals surface area contributed by atoms with Gasteiger partial charge in [0.1, 0.15) is 0 Å². The van der Waals surface area contributed by atoms with E-state index in [0.717, 1.165) is 12.1 Å². The lowest BCUT2D eigenvalue weighted by Crippen LogP contribution is -2.45. The quantitative estimate of drug-likeness (QED) is 0.811. The number of piperidine rings is 1. The van der Waals surface area contributed by atoms with Gasteiger partial charge in [-0.05, 0) is 42.0 Å². The lowest BCUT2D eigenvalue weighted by atomic mass is 9.84. The highest BCUT2D eigenvalue weighted by Gasteiger charge is 2.35. The Bertz CT molecular complexity index is 752. The molecule has 0 saturated carbocycles. The molecule has 2 heterocycles. The third kappa shape index (κ3) is 4.88. The Morgan fingerprint density at radius 2 is 1.85 bits per heavy atom. The zero-order chi connectivity index (χ0) is 19.5. The van der Waals surface area contributed by atoms with Crippen molar-refractivity contribution in [1.82, 2.24) is 10.2 Å². The van der Waals surface area contributed by atoms with Crippen molar-refractivity contribution in [3.05, 3.63) is 57.8 Å². The Morgan fingerprint density at radius 3 is 2.41 bits per heavy atom. The molecule has 0 spiro atoms. The number of rotatable bonds is 5. The SMILES string of the molecule is O=C(NCCN1CCC(O)(c2ccc(C(F)(F)F)cc2)CC1)c1cccs1. The molecule has 1 aromatic heterocycles. The summed E-state index contributed by atoms with van der Waals surface area (Å²) < 4.78 is 38.0. The molecule has 4 nitrogen and oxygen atoms in total. The summed E-state index contributed by atoms with van der Waals surface area (Å²) >= 11 is 1.39. The Morgan fingerprint density at radius 1 is 1.19 bits per heavy atom. The van der Waals surface area contributed by atoms with E-state index in [9.17, 15) is 23.1 Å². The Labute approximate surface area is 159 Å². The van der Waals surface area contributed by atoms with Gasteiger partial charge < -0.3 is 15.3 Å². The fourth-order valence-electron chi connectivity index (χ4n) is 3.23. The van der Waals surface area contributed by atoms with Gasteiger partial charge >= 0.3 is 6.18 Å². The number of hydrogen-bond acceptors (Lipinski definition) is 4. The van der Waals surface area contributed by atoms with Crippen LogP contribution in [-0.2, 0) is 11.8 Å². The first-order chi connectivity index (χ1) is 12.8. The van der Waals surface area contributed by atoms with Gasteiger partial charge in [-0.2, -0.15) is 13.2 Å². The summed E-state index contributed by atoms with van der Waals surface area (Å²) in [5.41, 5.74) is -1.31. The summed E-state index contributed by atoms with van der Waals surface area (Å²) in [4.78, 5) is 14.7. The number of thiophene rings is 1. The van der Waals surface area contributed by atoms with Crippen molar-refractivity contribution >= 4 is 17.2 Å². The van der Waals surface area contributed by atoms with Gasteiger partial charge in [-0.3, -0.25) is 4.79 Å². The molecule has 0 unspecified atom stereocenters. The van der Waals surface area contributed by atoms with Crippen molar-refractivity contribution in [1.29, 1.82) is 0 Å². The van der Waals surface area contributed by atoms with Crippen LogP contribution in [0.5, 0.6) is 0 Å². The van der Waals surface area contributed by atoms with Gasteiger partial charge in [0.05, 0.1) is 16.0 Å². The van der Waals surface area contributed by atoms with E-state index in [2.05, 4.69) is 10.2 Å². The minimum absolute atomic E-state index is 0.0942. The number of nitrogens with zero attached hydrogens (tertiary/aromatic N) is 1. The van der Waals surface area contributed by atoms with Gasteiger partial charge in [0.25, 0.3) is 5.91 Å². The molecule has 27 heavy (non-hydrogen) atoms. The number of amides is 1. The van der Waals surface area contributed by atoms with E-state index in [4.69, 9.17) is 0 Å². The van der Waals surface area contributed by atoms with Gasteiger partial charge in [0.15, 0.2) is 0 Å². The predicted molar refractivity (Wildman–Crippen MR) is 97.7 cm³/mol. The van der Waals surface area contributed by atoms with E-state index in [1.165, 1.54) is 23.5 Å². The van der Waals surface area contributed by atoms with E-state index in [-0.39, 0.29) is 5.91 Å². The number of likely N-dealkylation sites (tertiary alicyclic amines) is 1. The van der Waals surface area contributed by atoms with E-state index in [1.807, 2.05) is 11.4 Å². The maximum atomic E-state index is 12.7. The molecule has 3 rings (SSSR count). The second-order valence-corrected chi connectivity index (χ2v) is 7.63. The largest absolute Gasteiger partial charge is 0.416 e. The number of hydrogen-bond donors (Lipinski definition) is 2. The summed E-state index contributed by atoms with van der Waals surface area (Å²) in [6.45, 7) is 2.41. The molecule has 8 heteroatoms. The van der Waals surface area contributed by atoms with Crippen LogP contribution in [0.3, 0.4) is 0 Å². The van der Waals surface area contributed by atoms with Crippen LogP contribution in [-0.4, -0.2) is 42.1 Å². The molecular weight excluding hydrogens is 377 g/mol. The second-order valence-electron chi connectivity index (χ2n) is 6.68. The van der Waals surface area contributed by atoms with Gasteiger partial charge in [0.2, 0.25) is 0 Å². The van der Waals surface area contributed by atoms with Crippen LogP contribution in [0.4, 0.5) is 13.2 Å². The van der Waals surface area contributed by atoms with Gasteiger partial charge in [-0.25, -0.2) is 0 Å². The number of benzene rings is 1. The van der Waals surface area contributed by atoms with Crippen LogP contribution in [0.25, 0.3) is 0 Å². The smallest absolute Gasteiger partial charge is 0.385 e. The molecule has 1 aliphatic heterocycles. The first-order valence-electron chi connectivity index (χ1n) is 8.72. The number of aliphatic hydroxyl groups is 1. The zero-order valence-electron chi connectivity index (χ0n) is 14.6. The van der Waals surface area contributed by atoms with E-state index in [0.29, 0.717) is 49.5 Å². The Balaban J connectivity index is 1.48. The Hall–Kier alpha value is -1.90. The minimum atomic E-state index is -4.38. The van der Waals surface area contributed by atoms with Crippen molar-refractivity contribution in [3.8, 4) is 0 Å². The Kier molecular flexibility index (Phi) is 5.88. The van der Waals surface area contributed by atoms with Crippen LogP contribution >= 0.6 is 11.3 Å². The van der Waals surface area contributed by atoms with E-state index in [1.54, 1.807) is 6.07 Å². The molecule has 1 aromatic carbocycles. The number of carbonyl (C=O) groups is 1. The molecule has 2 N–H and O–H groups in total. The van der Waals surface area contributed by atoms with Crippen molar-refractivity contribution in [2.24, 2.45) is 0 Å². The standard InChI is InChI=1S/C19H21F3N2O2S/c20-19(21,22)15-5-3-14(4-6-15)18(26)7-10-24(11-8-18)12-9-23-17(25)16-2-1-13-27-16/h1-6,13,26H,7-12H2,(H,23,25). The second kappa shape index (κ2) is 8.00. The topological polar surface area (TPSA) is 52.6 Å². The van der Waals surface area contributed by atoms with Crippen molar-refractivity contribution < 1.29 is 23.1 Å². The zero-order valence-corrected chi connectivity index (χ0v) is 15.4. The summed E-state index contributed by atoms with van der Waals surface area (Å²) in [5, 5.41) is 15.5. The summed E-state index contributed by atoms with van der Waals surface area (Å²) in [7, 11) is 0.